The molecule has 0 saturated heterocycles. The molecular weight excluding hydrogens is 254 g/mol. The fourth-order valence-electron chi connectivity index (χ4n) is 0.947. The second-order valence-electron chi connectivity index (χ2n) is 3.69. The molecule has 7 heteroatoms. The van der Waals surface area contributed by atoms with Gasteiger partial charge in [0.15, 0.2) is 0 Å². The van der Waals surface area contributed by atoms with Gasteiger partial charge in [-0.15, -0.1) is 0 Å². The van der Waals surface area contributed by atoms with Crippen molar-refractivity contribution in [2.24, 2.45) is 0 Å². The van der Waals surface area contributed by atoms with Crippen LogP contribution in [0.5, 0.6) is 0 Å². The van der Waals surface area contributed by atoms with Gasteiger partial charge in [0.05, 0.1) is 25.9 Å². The van der Waals surface area contributed by atoms with Crippen molar-refractivity contribution in [3.8, 4) is 0 Å². The van der Waals surface area contributed by atoms with E-state index in [1.165, 1.54) is 0 Å². The molecule has 6 N–H and O–H groups in total. The first kappa shape index (κ1) is 23.8. The maximum Gasteiger partial charge on any atom is 0.0558 e. The Morgan fingerprint density at radius 1 is 0.789 bits per heavy atom. The molecule has 0 fully saturated rings. The van der Waals surface area contributed by atoms with E-state index in [4.69, 9.17) is 30.6 Å². The highest BCUT2D eigenvalue weighted by molar-refractivity contribution is 4.54. The van der Waals surface area contributed by atoms with Gasteiger partial charge < -0.3 is 30.6 Å². The molecule has 0 aromatic heterocycles. The Balaban J connectivity index is -0.000000242. The number of aliphatic hydroxyl groups is 6. The Bertz CT molecular complexity index is 123. The van der Waals surface area contributed by atoms with E-state index in [1.807, 2.05) is 0 Å². The molecule has 0 radical (unpaired) electrons. The van der Waals surface area contributed by atoms with Crippen LogP contribution in [0.25, 0.3) is 0 Å². The molecule has 120 valence electrons. The minimum atomic E-state index is -0.352. The monoisotopic (exact) mass is 285 g/mol. The SMILES string of the molecule is CC(O)CCO.CCO.OCCN(CCO)CCO. The maximum atomic E-state index is 8.48. The number of hydrogen-bond donors (Lipinski definition) is 6. The Morgan fingerprint density at radius 2 is 1.11 bits per heavy atom. The van der Waals surface area contributed by atoms with Crippen molar-refractivity contribution >= 4 is 0 Å². The zero-order chi connectivity index (χ0) is 15.5. The molecule has 0 heterocycles. The third-order valence-corrected chi connectivity index (χ3v) is 1.80. The minimum Gasteiger partial charge on any atom is -0.397 e. The van der Waals surface area contributed by atoms with E-state index in [9.17, 15) is 0 Å². The summed E-state index contributed by atoms with van der Waals surface area (Å²) in [6.07, 6.45) is 0.134. The summed E-state index contributed by atoms with van der Waals surface area (Å²) < 4.78 is 0. The van der Waals surface area contributed by atoms with Crippen molar-refractivity contribution in [3.63, 3.8) is 0 Å². The molecule has 7 nitrogen and oxygen atoms in total. The van der Waals surface area contributed by atoms with Gasteiger partial charge in [-0.2, -0.15) is 0 Å². The van der Waals surface area contributed by atoms with Crippen LogP contribution in [0.4, 0.5) is 0 Å². The smallest absolute Gasteiger partial charge is 0.0558 e. The summed E-state index contributed by atoms with van der Waals surface area (Å²) in [6.45, 7) is 5.41. The molecule has 0 aromatic carbocycles. The van der Waals surface area contributed by atoms with E-state index in [0.717, 1.165) is 0 Å². The highest BCUT2D eigenvalue weighted by atomic mass is 16.3. The number of hydrogen-bond acceptors (Lipinski definition) is 7. The average Bonchev–Trinajstić information content (AvgIpc) is 2.31. The van der Waals surface area contributed by atoms with Crippen LogP contribution in [0.15, 0.2) is 0 Å². The summed E-state index contributed by atoms with van der Waals surface area (Å²) in [6, 6.07) is 0. The quantitative estimate of drug-likeness (QED) is 0.305. The molecule has 1 atom stereocenters. The van der Waals surface area contributed by atoms with Crippen molar-refractivity contribution in [1.82, 2.24) is 4.90 Å². The van der Waals surface area contributed by atoms with E-state index in [-0.39, 0.29) is 39.1 Å². The Labute approximate surface area is 115 Å². The van der Waals surface area contributed by atoms with Gasteiger partial charge in [0.25, 0.3) is 0 Å². The van der Waals surface area contributed by atoms with Crippen molar-refractivity contribution in [2.75, 3.05) is 52.7 Å². The van der Waals surface area contributed by atoms with Crippen molar-refractivity contribution in [1.29, 1.82) is 0 Å². The van der Waals surface area contributed by atoms with Gasteiger partial charge in [-0.25, -0.2) is 0 Å². The molecule has 0 saturated carbocycles. The average molecular weight is 285 g/mol. The van der Waals surface area contributed by atoms with E-state index in [1.54, 1.807) is 18.7 Å². The third-order valence-electron chi connectivity index (χ3n) is 1.80. The number of aliphatic hydroxyl groups excluding tert-OH is 6. The minimum absolute atomic E-state index is 0.0694. The fraction of sp³-hybridized carbons (Fsp3) is 1.00. The second kappa shape index (κ2) is 22.9. The van der Waals surface area contributed by atoms with Gasteiger partial charge in [-0.05, 0) is 20.3 Å². The molecule has 0 rings (SSSR count). The van der Waals surface area contributed by atoms with Gasteiger partial charge in [0.2, 0.25) is 0 Å². The lowest BCUT2D eigenvalue weighted by Gasteiger charge is -2.17. The van der Waals surface area contributed by atoms with Gasteiger partial charge in [-0.1, -0.05) is 0 Å². The second-order valence-corrected chi connectivity index (χ2v) is 3.69. The van der Waals surface area contributed by atoms with Crippen LogP contribution >= 0.6 is 0 Å². The fourth-order valence-corrected chi connectivity index (χ4v) is 0.947. The van der Waals surface area contributed by atoms with Gasteiger partial charge in [0, 0.05) is 32.8 Å². The zero-order valence-electron chi connectivity index (χ0n) is 12.1. The molecular formula is C12H31NO6. The predicted octanol–water partition coefficient (Wildman–Crippen LogP) is -1.99. The number of nitrogens with zero attached hydrogens (tertiary/aromatic N) is 1. The normalized spacial score (nSPS) is 11.2. The summed E-state index contributed by atoms with van der Waals surface area (Å²) in [5.74, 6) is 0. The largest absolute Gasteiger partial charge is 0.397 e. The molecule has 19 heavy (non-hydrogen) atoms. The molecule has 0 aliphatic rings. The summed E-state index contributed by atoms with van der Waals surface area (Å²) in [5, 5.41) is 49.5. The van der Waals surface area contributed by atoms with Crippen LogP contribution in [0.1, 0.15) is 20.3 Å². The highest BCUT2D eigenvalue weighted by Crippen LogP contribution is 1.84. The lowest BCUT2D eigenvalue weighted by Crippen LogP contribution is -2.32. The van der Waals surface area contributed by atoms with E-state index >= 15 is 0 Å². The highest BCUT2D eigenvalue weighted by Gasteiger charge is 2.00. The van der Waals surface area contributed by atoms with Crippen LogP contribution in [-0.2, 0) is 0 Å². The Morgan fingerprint density at radius 3 is 1.21 bits per heavy atom. The van der Waals surface area contributed by atoms with Crippen LogP contribution in [0, 0.1) is 0 Å². The third kappa shape index (κ3) is 31.9. The standard InChI is InChI=1S/C6H15NO3.C4H10O2.C2H6O/c8-4-1-7(2-5-9)3-6-10;1-4(6)2-3-5;1-2-3/h8-10H,1-6H2;4-6H,2-3H2,1H3;3H,2H2,1H3. The van der Waals surface area contributed by atoms with E-state index in [2.05, 4.69) is 0 Å². The zero-order valence-corrected chi connectivity index (χ0v) is 12.1. The first-order chi connectivity index (χ1) is 9.03. The van der Waals surface area contributed by atoms with Crippen LogP contribution < -0.4 is 0 Å². The molecule has 0 spiro atoms. The van der Waals surface area contributed by atoms with Crippen molar-refractivity contribution < 1.29 is 30.6 Å². The first-order valence-electron chi connectivity index (χ1n) is 6.48. The van der Waals surface area contributed by atoms with Crippen LogP contribution in [-0.4, -0.2) is 94.3 Å². The Hall–Kier alpha value is -0.280. The molecule has 0 amide bonds. The number of rotatable bonds is 8. The maximum absolute atomic E-state index is 8.48. The van der Waals surface area contributed by atoms with Crippen LogP contribution in [0.3, 0.4) is 0 Å². The molecule has 0 aromatic rings. The molecule has 0 aliphatic heterocycles. The summed E-state index contributed by atoms with van der Waals surface area (Å²) >= 11 is 0. The lowest BCUT2D eigenvalue weighted by molar-refractivity contribution is 0.136. The molecule has 0 aliphatic carbocycles. The summed E-state index contributed by atoms with van der Waals surface area (Å²) in [4.78, 5) is 1.79. The van der Waals surface area contributed by atoms with Crippen LogP contribution in [0.2, 0.25) is 0 Å². The van der Waals surface area contributed by atoms with Crippen molar-refractivity contribution in [3.05, 3.63) is 0 Å². The summed E-state index contributed by atoms with van der Waals surface area (Å²) in [7, 11) is 0. The van der Waals surface area contributed by atoms with E-state index in [0.29, 0.717) is 26.1 Å². The molecule has 1 unspecified atom stereocenters. The summed E-state index contributed by atoms with van der Waals surface area (Å²) in [5.41, 5.74) is 0. The van der Waals surface area contributed by atoms with Gasteiger partial charge >= 0.3 is 0 Å². The predicted molar refractivity (Wildman–Crippen MR) is 73.8 cm³/mol. The lowest BCUT2D eigenvalue weighted by atomic mass is 10.3. The topological polar surface area (TPSA) is 125 Å². The van der Waals surface area contributed by atoms with Crippen molar-refractivity contribution in [2.45, 2.75) is 26.4 Å². The first-order valence-corrected chi connectivity index (χ1v) is 6.48. The van der Waals surface area contributed by atoms with Gasteiger partial charge in [-0.3, -0.25) is 4.90 Å². The molecule has 0 bridgehead atoms. The van der Waals surface area contributed by atoms with E-state index < -0.39 is 0 Å². The van der Waals surface area contributed by atoms with Gasteiger partial charge in [0.1, 0.15) is 0 Å². The Kier molecular flexibility index (Phi) is 28.6.